The van der Waals surface area contributed by atoms with E-state index in [1.165, 1.54) is 5.56 Å². The van der Waals surface area contributed by atoms with Gasteiger partial charge in [-0.1, -0.05) is 12.1 Å². The van der Waals surface area contributed by atoms with E-state index in [1.807, 2.05) is 38.1 Å². The van der Waals surface area contributed by atoms with Crippen LogP contribution >= 0.6 is 0 Å². The summed E-state index contributed by atoms with van der Waals surface area (Å²) in [5.41, 5.74) is 1.85. The summed E-state index contributed by atoms with van der Waals surface area (Å²) in [5, 5.41) is 0. The second-order valence-corrected chi connectivity index (χ2v) is 9.65. The second-order valence-electron chi connectivity index (χ2n) is 7.74. The zero-order chi connectivity index (χ0) is 18.4. The number of hydrogen-bond acceptors (Lipinski definition) is 4. The molecule has 0 unspecified atom stereocenters. The number of hydrogen-bond donors (Lipinski definition) is 0. The van der Waals surface area contributed by atoms with E-state index in [0.717, 1.165) is 24.8 Å². The monoisotopic (exact) mass is 372 g/mol. The molecular weight excluding hydrogens is 348 g/mol. The highest BCUT2D eigenvalue weighted by Gasteiger charge is 2.38. The molecule has 1 aromatic heterocycles. The van der Waals surface area contributed by atoms with Crippen LogP contribution in [-0.4, -0.2) is 36.4 Å². The normalized spacial score (nSPS) is 20.5. The van der Waals surface area contributed by atoms with E-state index in [-0.39, 0.29) is 5.60 Å². The number of rotatable bonds is 3. The van der Waals surface area contributed by atoms with Gasteiger partial charge in [-0.25, -0.2) is 8.42 Å². The van der Waals surface area contributed by atoms with E-state index in [2.05, 4.69) is 4.98 Å². The predicted molar refractivity (Wildman–Crippen MR) is 99.8 cm³/mol. The average Bonchev–Trinajstić information content (AvgIpc) is 2.96. The van der Waals surface area contributed by atoms with Crippen molar-refractivity contribution in [2.75, 3.05) is 13.1 Å². The van der Waals surface area contributed by atoms with Crippen LogP contribution in [-0.2, 0) is 16.4 Å². The molecule has 0 saturated carbocycles. The number of ether oxygens (including phenoxy) is 1. The van der Waals surface area contributed by atoms with Gasteiger partial charge in [0.15, 0.2) is 0 Å². The van der Waals surface area contributed by atoms with Crippen molar-refractivity contribution in [3.8, 4) is 5.75 Å². The van der Waals surface area contributed by atoms with Gasteiger partial charge < -0.3 is 4.74 Å². The maximum atomic E-state index is 13.2. The molecule has 0 N–H and O–H groups in total. The molecule has 0 atom stereocenters. The van der Waals surface area contributed by atoms with Gasteiger partial charge in [0.2, 0.25) is 10.0 Å². The third-order valence-corrected chi connectivity index (χ3v) is 7.23. The molecule has 0 amide bonds. The standard InChI is InChI=1S/C20H24N2O3S/c1-20(2)14-17-4-3-5-18(19(17)25-20)26(23,24)22-12-8-16(9-13-22)15-6-10-21-11-7-15/h3-7,10-11,16H,8-9,12-14H2,1-2H3. The van der Waals surface area contributed by atoms with Crippen LogP contribution in [0.25, 0.3) is 0 Å². The topological polar surface area (TPSA) is 59.5 Å². The van der Waals surface area contributed by atoms with Crippen molar-refractivity contribution in [3.63, 3.8) is 0 Å². The summed E-state index contributed by atoms with van der Waals surface area (Å²) in [5.74, 6) is 0.926. The Morgan fingerprint density at radius 2 is 1.81 bits per heavy atom. The molecule has 1 saturated heterocycles. The Morgan fingerprint density at radius 1 is 1.12 bits per heavy atom. The summed E-state index contributed by atoms with van der Waals surface area (Å²) in [7, 11) is -3.55. The molecule has 6 heteroatoms. The van der Waals surface area contributed by atoms with Crippen molar-refractivity contribution in [2.24, 2.45) is 0 Å². The minimum absolute atomic E-state index is 0.308. The minimum atomic E-state index is -3.55. The van der Waals surface area contributed by atoms with Crippen LogP contribution in [0.5, 0.6) is 5.75 Å². The van der Waals surface area contributed by atoms with Crippen molar-refractivity contribution < 1.29 is 13.2 Å². The molecule has 138 valence electrons. The van der Waals surface area contributed by atoms with Gasteiger partial charge in [0.05, 0.1) is 0 Å². The lowest BCUT2D eigenvalue weighted by molar-refractivity contribution is 0.134. The number of benzene rings is 1. The first-order valence-electron chi connectivity index (χ1n) is 9.08. The number of para-hydroxylation sites is 1. The fourth-order valence-electron chi connectivity index (χ4n) is 3.99. The molecule has 0 spiro atoms. The van der Waals surface area contributed by atoms with E-state index >= 15 is 0 Å². The van der Waals surface area contributed by atoms with Gasteiger partial charge in [0.1, 0.15) is 16.2 Å². The van der Waals surface area contributed by atoms with Crippen LogP contribution in [0, 0.1) is 0 Å². The molecule has 0 bridgehead atoms. The Kier molecular flexibility index (Phi) is 4.28. The van der Waals surface area contributed by atoms with Crippen molar-refractivity contribution in [2.45, 2.75) is 49.5 Å². The first kappa shape index (κ1) is 17.5. The molecule has 3 heterocycles. The summed E-state index contributed by atoms with van der Waals surface area (Å²) in [6.07, 6.45) is 5.97. The maximum absolute atomic E-state index is 13.2. The van der Waals surface area contributed by atoms with Gasteiger partial charge in [0, 0.05) is 31.9 Å². The fourth-order valence-corrected chi connectivity index (χ4v) is 5.62. The van der Waals surface area contributed by atoms with Gasteiger partial charge in [-0.05, 0) is 61.9 Å². The Bertz CT molecular complexity index is 902. The minimum Gasteiger partial charge on any atom is -0.486 e. The van der Waals surface area contributed by atoms with Crippen LogP contribution in [0.3, 0.4) is 0 Å². The molecule has 26 heavy (non-hydrogen) atoms. The Hall–Kier alpha value is -1.92. The smallest absolute Gasteiger partial charge is 0.246 e. The first-order valence-corrected chi connectivity index (χ1v) is 10.5. The Morgan fingerprint density at radius 3 is 2.50 bits per heavy atom. The van der Waals surface area contributed by atoms with Crippen molar-refractivity contribution in [3.05, 3.63) is 53.9 Å². The number of nitrogens with zero attached hydrogens (tertiary/aromatic N) is 2. The highest BCUT2D eigenvalue weighted by molar-refractivity contribution is 7.89. The SMILES string of the molecule is CC1(C)Cc2cccc(S(=O)(=O)N3CCC(c4ccncc4)CC3)c2O1. The summed E-state index contributed by atoms with van der Waals surface area (Å²) >= 11 is 0. The predicted octanol–water partition coefficient (Wildman–Crippen LogP) is 3.36. The van der Waals surface area contributed by atoms with Crippen LogP contribution in [0.1, 0.15) is 43.7 Å². The van der Waals surface area contributed by atoms with Gasteiger partial charge in [0.25, 0.3) is 0 Å². The van der Waals surface area contributed by atoms with Gasteiger partial charge >= 0.3 is 0 Å². The van der Waals surface area contributed by atoms with E-state index < -0.39 is 10.0 Å². The quantitative estimate of drug-likeness (QED) is 0.829. The summed E-state index contributed by atoms with van der Waals surface area (Å²) < 4.78 is 34.1. The number of aromatic nitrogens is 1. The second kappa shape index (κ2) is 6.35. The fraction of sp³-hybridized carbons (Fsp3) is 0.450. The van der Waals surface area contributed by atoms with E-state index in [1.54, 1.807) is 22.8 Å². The van der Waals surface area contributed by atoms with Crippen molar-refractivity contribution in [1.82, 2.24) is 9.29 Å². The summed E-state index contributed by atoms with van der Waals surface area (Å²) in [6, 6.07) is 9.49. The molecule has 0 aliphatic carbocycles. The van der Waals surface area contributed by atoms with Crippen LogP contribution in [0.4, 0.5) is 0 Å². The van der Waals surface area contributed by atoms with Gasteiger partial charge in [-0.15, -0.1) is 0 Å². The molecule has 4 rings (SSSR count). The lowest BCUT2D eigenvalue weighted by atomic mass is 9.91. The lowest BCUT2D eigenvalue weighted by Crippen LogP contribution is -2.38. The Labute approximate surface area is 155 Å². The van der Waals surface area contributed by atoms with Crippen LogP contribution in [0.15, 0.2) is 47.6 Å². The zero-order valence-electron chi connectivity index (χ0n) is 15.2. The third-order valence-electron chi connectivity index (χ3n) is 5.30. The Balaban J connectivity index is 1.56. The lowest BCUT2D eigenvalue weighted by Gasteiger charge is -2.31. The largest absolute Gasteiger partial charge is 0.486 e. The molecule has 2 aliphatic heterocycles. The highest BCUT2D eigenvalue weighted by Crippen LogP contribution is 2.41. The van der Waals surface area contributed by atoms with Crippen LogP contribution in [0.2, 0.25) is 0 Å². The van der Waals surface area contributed by atoms with Gasteiger partial charge in [-0.2, -0.15) is 4.31 Å². The first-order chi connectivity index (χ1) is 12.4. The number of fused-ring (bicyclic) bond motifs is 1. The average molecular weight is 372 g/mol. The molecule has 5 nitrogen and oxygen atoms in total. The van der Waals surface area contributed by atoms with Gasteiger partial charge in [-0.3, -0.25) is 4.98 Å². The number of pyridine rings is 1. The van der Waals surface area contributed by atoms with Crippen molar-refractivity contribution >= 4 is 10.0 Å². The molecular formula is C20H24N2O3S. The molecule has 2 aromatic rings. The molecule has 1 aromatic carbocycles. The highest BCUT2D eigenvalue weighted by atomic mass is 32.2. The molecule has 0 radical (unpaired) electrons. The molecule has 1 fully saturated rings. The van der Waals surface area contributed by atoms with E-state index in [9.17, 15) is 8.42 Å². The number of piperidine rings is 1. The zero-order valence-corrected chi connectivity index (χ0v) is 16.0. The third kappa shape index (κ3) is 3.12. The van der Waals surface area contributed by atoms with E-state index in [4.69, 9.17) is 4.74 Å². The maximum Gasteiger partial charge on any atom is 0.246 e. The number of sulfonamides is 1. The van der Waals surface area contributed by atoms with Crippen molar-refractivity contribution in [1.29, 1.82) is 0 Å². The summed E-state index contributed by atoms with van der Waals surface area (Å²) in [4.78, 5) is 4.37. The van der Waals surface area contributed by atoms with Crippen LogP contribution < -0.4 is 4.74 Å². The summed E-state index contributed by atoms with van der Waals surface area (Å²) in [6.45, 7) is 5.04. The van der Waals surface area contributed by atoms with E-state index in [0.29, 0.717) is 29.7 Å². The molecule has 2 aliphatic rings.